The van der Waals surface area contributed by atoms with Gasteiger partial charge < -0.3 is 14.6 Å². The lowest BCUT2D eigenvalue weighted by Gasteiger charge is -2.28. The van der Waals surface area contributed by atoms with Crippen molar-refractivity contribution in [3.8, 4) is 17.1 Å². The van der Waals surface area contributed by atoms with Crippen molar-refractivity contribution in [2.75, 3.05) is 7.11 Å². The monoisotopic (exact) mass is 439 g/mol. The zero-order chi connectivity index (χ0) is 22.5. The van der Waals surface area contributed by atoms with Crippen molar-refractivity contribution >= 4 is 5.97 Å². The van der Waals surface area contributed by atoms with Gasteiger partial charge in [-0.25, -0.2) is 9.89 Å². The summed E-state index contributed by atoms with van der Waals surface area (Å²) < 4.78 is 11.2. The maximum absolute atomic E-state index is 11.2. The summed E-state index contributed by atoms with van der Waals surface area (Å²) in [6.07, 6.45) is 5.56. The molecule has 2 heterocycles. The number of aromatic carboxylic acids is 1. The van der Waals surface area contributed by atoms with Gasteiger partial charge in [0.05, 0.1) is 17.5 Å². The average molecular weight is 440 g/mol. The van der Waals surface area contributed by atoms with Gasteiger partial charge in [-0.05, 0) is 55.2 Å². The van der Waals surface area contributed by atoms with Gasteiger partial charge >= 0.3 is 5.97 Å². The van der Waals surface area contributed by atoms with E-state index in [1.807, 2.05) is 0 Å². The topological polar surface area (TPSA) is 126 Å². The number of hydrogen-bond acceptors (Lipinski definition) is 6. The second-order valence-electron chi connectivity index (χ2n) is 8.25. The molecule has 0 bridgehead atoms. The van der Waals surface area contributed by atoms with E-state index in [1.165, 1.54) is 5.56 Å². The number of hydrogen-bond donors (Lipinski definition) is 3. The fourth-order valence-electron chi connectivity index (χ4n) is 4.29. The number of aromatic nitrogens is 5. The normalized spacial score (nSPS) is 19.6. The lowest BCUT2D eigenvalue weighted by Crippen LogP contribution is -2.24. The van der Waals surface area contributed by atoms with Gasteiger partial charge in [-0.2, -0.15) is 5.10 Å². The van der Waals surface area contributed by atoms with Gasteiger partial charge in [0.15, 0.2) is 0 Å². The molecule has 170 valence electrons. The Morgan fingerprint density at radius 2 is 1.94 bits per heavy atom. The Morgan fingerprint density at radius 3 is 2.59 bits per heavy atom. The molecule has 3 aromatic rings. The van der Waals surface area contributed by atoms with E-state index in [4.69, 9.17) is 14.6 Å². The molecule has 1 atom stereocenters. The van der Waals surface area contributed by atoms with Crippen molar-refractivity contribution in [3.63, 3.8) is 0 Å². The summed E-state index contributed by atoms with van der Waals surface area (Å²) in [5.74, 6) is -0.587. The van der Waals surface area contributed by atoms with Gasteiger partial charge in [0.25, 0.3) is 5.88 Å². The van der Waals surface area contributed by atoms with Crippen LogP contribution in [0.2, 0.25) is 0 Å². The molecule has 2 aromatic heterocycles. The van der Waals surface area contributed by atoms with E-state index in [9.17, 15) is 4.79 Å². The van der Waals surface area contributed by atoms with Crippen molar-refractivity contribution in [2.45, 2.75) is 63.6 Å². The van der Waals surface area contributed by atoms with Crippen LogP contribution in [0.4, 0.5) is 0 Å². The van der Waals surface area contributed by atoms with E-state index in [0.29, 0.717) is 5.92 Å². The van der Waals surface area contributed by atoms with Gasteiger partial charge in [-0.15, -0.1) is 0 Å². The van der Waals surface area contributed by atoms with Crippen LogP contribution in [0.15, 0.2) is 30.3 Å². The van der Waals surface area contributed by atoms with Gasteiger partial charge in [0.1, 0.15) is 6.10 Å². The van der Waals surface area contributed by atoms with Crippen LogP contribution >= 0.6 is 0 Å². The van der Waals surface area contributed by atoms with Gasteiger partial charge in [0, 0.05) is 13.5 Å². The molecule has 1 saturated carbocycles. The molecule has 1 aliphatic carbocycles. The summed E-state index contributed by atoms with van der Waals surface area (Å²) in [6, 6.07) is 10.7. The molecule has 1 unspecified atom stereocenters. The fraction of sp³-hybridized carbons (Fsp3) is 0.478. The van der Waals surface area contributed by atoms with E-state index in [2.05, 4.69) is 62.9 Å². The number of carbonyl (C=O) groups is 1. The van der Waals surface area contributed by atoms with E-state index in [0.717, 1.165) is 55.5 Å². The van der Waals surface area contributed by atoms with E-state index in [1.54, 1.807) is 7.11 Å². The quantitative estimate of drug-likeness (QED) is 0.460. The fourth-order valence-corrected chi connectivity index (χ4v) is 4.29. The van der Waals surface area contributed by atoms with Crippen molar-refractivity contribution in [1.82, 2.24) is 25.6 Å². The van der Waals surface area contributed by atoms with Crippen LogP contribution in [0.1, 0.15) is 66.7 Å². The third kappa shape index (κ3) is 4.99. The lowest BCUT2D eigenvalue weighted by atomic mass is 9.82. The highest BCUT2D eigenvalue weighted by molar-refractivity contribution is 5.87. The van der Waals surface area contributed by atoms with Gasteiger partial charge in [-0.1, -0.05) is 41.5 Å². The molecule has 32 heavy (non-hydrogen) atoms. The molecule has 9 heteroatoms. The Labute approximate surface area is 186 Å². The zero-order valence-corrected chi connectivity index (χ0v) is 18.4. The number of aromatic amines is 2. The number of nitrogens with zero attached hydrogens (tertiary/aromatic N) is 3. The minimum absolute atomic E-state index is 0.0452. The first-order valence-electron chi connectivity index (χ1n) is 11.1. The molecule has 0 aliphatic heterocycles. The van der Waals surface area contributed by atoms with Crippen LogP contribution < -0.4 is 4.74 Å². The molecule has 1 aromatic carbocycles. The Bertz CT molecular complexity index is 1020. The van der Waals surface area contributed by atoms with Crippen molar-refractivity contribution in [3.05, 3.63) is 47.3 Å². The highest BCUT2D eigenvalue weighted by atomic mass is 16.5. The number of H-pyrrole nitrogens is 2. The largest absolute Gasteiger partial charge is 0.476 e. The molecular weight excluding hydrogens is 410 g/mol. The highest BCUT2D eigenvalue weighted by Crippen LogP contribution is 2.35. The Hall–Kier alpha value is -3.20. The smallest absolute Gasteiger partial charge is 0.359 e. The number of nitrogens with one attached hydrogen (secondary N) is 2. The number of carboxylic acids is 1. The number of benzene rings is 1. The van der Waals surface area contributed by atoms with E-state index >= 15 is 0 Å². The summed E-state index contributed by atoms with van der Waals surface area (Å²) in [7, 11) is 1.74. The number of ether oxygens (including phenoxy) is 2. The predicted molar refractivity (Wildman–Crippen MR) is 118 cm³/mol. The molecule has 9 nitrogen and oxygen atoms in total. The third-order valence-corrected chi connectivity index (χ3v) is 6.23. The minimum Gasteiger partial charge on any atom is -0.476 e. The second kappa shape index (κ2) is 9.95. The molecule has 0 radical (unpaired) electrons. The van der Waals surface area contributed by atoms with Crippen LogP contribution in [-0.4, -0.2) is 56.0 Å². The van der Waals surface area contributed by atoms with Crippen LogP contribution in [0, 0.1) is 0 Å². The molecule has 4 rings (SSSR count). The van der Waals surface area contributed by atoms with Crippen LogP contribution in [0.25, 0.3) is 11.3 Å². The summed E-state index contributed by atoms with van der Waals surface area (Å²) in [4.78, 5) is 11.2. The standard InChI is InChI=1S/C23H29N5O4/c1-3-18(31-2)12-17-13-20(25-24-17)16-6-4-14(5-7-16)15-8-10-19(11-9-15)32-22-21(23(29)30)26-28-27-22/h4-7,13,15,18-19H,3,8-12H2,1-2H3,(H,24,25)(H,29,30)(H,26,27,28). The van der Waals surface area contributed by atoms with Crippen LogP contribution in [0.3, 0.4) is 0 Å². The summed E-state index contributed by atoms with van der Waals surface area (Å²) in [6.45, 7) is 2.11. The first-order chi connectivity index (χ1) is 15.6. The first-order valence-corrected chi connectivity index (χ1v) is 11.1. The maximum atomic E-state index is 11.2. The van der Waals surface area contributed by atoms with Crippen LogP contribution in [0.5, 0.6) is 5.88 Å². The molecular formula is C23H29N5O4. The maximum Gasteiger partial charge on any atom is 0.359 e. The molecule has 1 fully saturated rings. The van der Waals surface area contributed by atoms with Crippen molar-refractivity contribution in [1.29, 1.82) is 0 Å². The third-order valence-electron chi connectivity index (χ3n) is 6.23. The van der Waals surface area contributed by atoms with E-state index < -0.39 is 5.97 Å². The predicted octanol–water partition coefficient (Wildman–Crippen LogP) is 3.97. The molecule has 3 N–H and O–H groups in total. The Kier molecular flexibility index (Phi) is 6.84. The zero-order valence-electron chi connectivity index (χ0n) is 18.4. The Morgan fingerprint density at radius 1 is 1.19 bits per heavy atom. The lowest BCUT2D eigenvalue weighted by molar-refractivity contribution is 0.0677. The van der Waals surface area contributed by atoms with Gasteiger partial charge in [0.2, 0.25) is 5.69 Å². The molecule has 1 aliphatic rings. The van der Waals surface area contributed by atoms with E-state index in [-0.39, 0.29) is 23.8 Å². The average Bonchev–Trinajstić information content (AvgIpc) is 3.48. The second-order valence-corrected chi connectivity index (χ2v) is 8.25. The molecule has 0 spiro atoms. The summed E-state index contributed by atoms with van der Waals surface area (Å²) in [5, 5.41) is 26.4. The number of methoxy groups -OCH3 is 1. The van der Waals surface area contributed by atoms with Gasteiger partial charge in [-0.3, -0.25) is 5.10 Å². The highest BCUT2D eigenvalue weighted by Gasteiger charge is 2.26. The first kappa shape index (κ1) is 22.0. The van der Waals surface area contributed by atoms with Crippen molar-refractivity contribution < 1.29 is 19.4 Å². The molecule has 0 amide bonds. The minimum atomic E-state index is -1.12. The van der Waals surface area contributed by atoms with Crippen LogP contribution in [-0.2, 0) is 11.2 Å². The Balaban J connectivity index is 1.33. The number of carboxylic acid groups (broad SMARTS) is 1. The molecule has 0 saturated heterocycles. The SMILES string of the molecule is CCC(Cc1cc(-c2ccc(C3CCC(Oc4nn[nH]c4C(=O)O)CC3)cc2)[nH]n1)OC. The van der Waals surface area contributed by atoms with Crippen molar-refractivity contribution in [2.24, 2.45) is 0 Å². The summed E-state index contributed by atoms with van der Waals surface area (Å²) >= 11 is 0. The summed E-state index contributed by atoms with van der Waals surface area (Å²) in [5.41, 5.74) is 4.34. The number of rotatable bonds is 9.